The van der Waals surface area contributed by atoms with Gasteiger partial charge >= 0.3 is 0 Å². The Morgan fingerprint density at radius 1 is 1.36 bits per heavy atom. The molecule has 0 aliphatic heterocycles. The normalized spacial score (nSPS) is 27.2. The van der Waals surface area contributed by atoms with Gasteiger partial charge < -0.3 is 5.32 Å². The first-order chi connectivity index (χ1) is 6.84. The second-order valence-corrected chi connectivity index (χ2v) is 4.33. The van der Waals surface area contributed by atoms with Crippen LogP contribution in [0.1, 0.15) is 32.6 Å². The van der Waals surface area contributed by atoms with E-state index in [0.717, 1.165) is 11.7 Å². The first-order valence-electron chi connectivity index (χ1n) is 5.52. The van der Waals surface area contributed by atoms with E-state index in [9.17, 15) is 0 Å². The zero-order chi connectivity index (χ0) is 9.80. The number of nitrogens with one attached hydrogen (secondary N) is 1. The Morgan fingerprint density at radius 3 is 3.00 bits per heavy atom. The monoisotopic (exact) mass is 190 g/mol. The quantitative estimate of drug-likeness (QED) is 0.775. The van der Waals surface area contributed by atoms with Crippen molar-refractivity contribution in [3.8, 4) is 0 Å². The fraction of sp³-hybridized carbons (Fsp3) is 0.583. The van der Waals surface area contributed by atoms with Crippen LogP contribution in [0.3, 0.4) is 0 Å². The van der Waals surface area contributed by atoms with Crippen molar-refractivity contribution < 1.29 is 0 Å². The summed E-state index contributed by atoms with van der Waals surface area (Å²) in [7, 11) is 0. The molecule has 1 aromatic heterocycles. The first-order valence-corrected chi connectivity index (χ1v) is 5.52. The number of hydrogen-bond donors (Lipinski definition) is 1. The van der Waals surface area contributed by atoms with Gasteiger partial charge in [0.1, 0.15) is 5.82 Å². The van der Waals surface area contributed by atoms with E-state index < -0.39 is 0 Å². The maximum Gasteiger partial charge on any atom is 0.126 e. The maximum absolute atomic E-state index is 4.29. The predicted octanol–water partition coefficient (Wildman–Crippen LogP) is 3.07. The molecule has 0 spiro atoms. The molecule has 0 aromatic carbocycles. The summed E-state index contributed by atoms with van der Waals surface area (Å²) in [6, 6.07) is 6.66. The minimum Gasteiger partial charge on any atom is -0.367 e. The molecule has 0 radical (unpaired) electrons. The third-order valence-corrected chi connectivity index (χ3v) is 2.95. The van der Waals surface area contributed by atoms with Gasteiger partial charge in [-0.3, -0.25) is 0 Å². The molecule has 1 saturated carbocycles. The van der Waals surface area contributed by atoms with Crippen molar-refractivity contribution >= 4 is 5.82 Å². The minimum atomic E-state index is 0.633. The number of aromatic nitrogens is 1. The van der Waals surface area contributed by atoms with Crippen LogP contribution in [-0.2, 0) is 0 Å². The van der Waals surface area contributed by atoms with Gasteiger partial charge in [0.2, 0.25) is 0 Å². The highest BCUT2D eigenvalue weighted by atomic mass is 15.0. The van der Waals surface area contributed by atoms with Crippen molar-refractivity contribution in [1.82, 2.24) is 4.98 Å². The SMILES string of the molecule is C[C@@H]1CCC[C@@H](Nc2ccccn2)C1. The Bertz CT molecular complexity index is 271. The number of nitrogens with zero attached hydrogens (tertiary/aromatic N) is 1. The van der Waals surface area contributed by atoms with Gasteiger partial charge in [-0.25, -0.2) is 4.98 Å². The lowest BCUT2D eigenvalue weighted by molar-refractivity contribution is 0.358. The molecule has 2 nitrogen and oxygen atoms in total. The summed E-state index contributed by atoms with van der Waals surface area (Å²) in [4.78, 5) is 4.29. The van der Waals surface area contributed by atoms with Gasteiger partial charge in [0.15, 0.2) is 0 Å². The van der Waals surface area contributed by atoms with Crippen LogP contribution in [-0.4, -0.2) is 11.0 Å². The lowest BCUT2D eigenvalue weighted by Gasteiger charge is -2.27. The van der Waals surface area contributed by atoms with Crippen LogP contribution in [0, 0.1) is 5.92 Å². The van der Waals surface area contributed by atoms with Gasteiger partial charge in [0.05, 0.1) is 0 Å². The van der Waals surface area contributed by atoms with Crippen LogP contribution in [0.5, 0.6) is 0 Å². The molecule has 2 atom stereocenters. The summed E-state index contributed by atoms with van der Waals surface area (Å²) in [5.74, 6) is 1.89. The standard InChI is InChI=1S/C12H18N2/c1-10-5-4-6-11(9-10)14-12-7-2-3-8-13-12/h2-3,7-8,10-11H,4-6,9H2,1H3,(H,13,14)/t10-,11-/m1/s1. The molecule has 2 rings (SSSR count). The Kier molecular flexibility index (Phi) is 3.02. The van der Waals surface area contributed by atoms with Crippen molar-refractivity contribution in [2.75, 3.05) is 5.32 Å². The van der Waals surface area contributed by atoms with Crippen LogP contribution in [0.15, 0.2) is 24.4 Å². The minimum absolute atomic E-state index is 0.633. The number of rotatable bonds is 2. The summed E-state index contributed by atoms with van der Waals surface area (Å²) in [5, 5.41) is 3.50. The summed E-state index contributed by atoms with van der Waals surface area (Å²) in [6.45, 7) is 2.34. The molecule has 76 valence electrons. The van der Waals surface area contributed by atoms with Crippen LogP contribution in [0.2, 0.25) is 0 Å². The Morgan fingerprint density at radius 2 is 2.29 bits per heavy atom. The van der Waals surface area contributed by atoms with Crippen molar-refractivity contribution in [3.05, 3.63) is 24.4 Å². The second-order valence-electron chi connectivity index (χ2n) is 4.33. The zero-order valence-electron chi connectivity index (χ0n) is 8.74. The Balaban J connectivity index is 1.91. The van der Waals surface area contributed by atoms with E-state index in [1.165, 1.54) is 25.7 Å². The van der Waals surface area contributed by atoms with E-state index in [2.05, 4.69) is 17.2 Å². The Labute approximate surface area is 85.7 Å². The molecule has 1 aliphatic carbocycles. The fourth-order valence-electron chi connectivity index (χ4n) is 2.22. The maximum atomic E-state index is 4.29. The topological polar surface area (TPSA) is 24.9 Å². The van der Waals surface area contributed by atoms with Gasteiger partial charge in [-0.2, -0.15) is 0 Å². The van der Waals surface area contributed by atoms with Crippen LogP contribution < -0.4 is 5.32 Å². The van der Waals surface area contributed by atoms with Crippen LogP contribution >= 0.6 is 0 Å². The van der Waals surface area contributed by atoms with Crippen LogP contribution in [0.25, 0.3) is 0 Å². The van der Waals surface area contributed by atoms with Gasteiger partial charge in [0, 0.05) is 12.2 Å². The van der Waals surface area contributed by atoms with Crippen molar-refractivity contribution in [3.63, 3.8) is 0 Å². The highest BCUT2D eigenvalue weighted by molar-refractivity contribution is 5.34. The summed E-state index contributed by atoms with van der Waals surface area (Å²) < 4.78 is 0. The molecule has 0 unspecified atom stereocenters. The molecule has 0 saturated heterocycles. The molecule has 2 heteroatoms. The molecule has 1 heterocycles. The predicted molar refractivity (Wildman–Crippen MR) is 59.3 cm³/mol. The summed E-state index contributed by atoms with van der Waals surface area (Å²) >= 11 is 0. The highest BCUT2D eigenvalue weighted by Gasteiger charge is 2.18. The molecule has 1 N–H and O–H groups in total. The summed E-state index contributed by atoms with van der Waals surface area (Å²) in [5.41, 5.74) is 0. The first kappa shape index (κ1) is 9.50. The van der Waals surface area contributed by atoms with E-state index in [1.54, 1.807) is 0 Å². The smallest absolute Gasteiger partial charge is 0.126 e. The van der Waals surface area contributed by atoms with Crippen LogP contribution in [0.4, 0.5) is 5.82 Å². The zero-order valence-corrected chi connectivity index (χ0v) is 8.74. The molecule has 1 aliphatic rings. The van der Waals surface area contributed by atoms with Crippen molar-refractivity contribution in [1.29, 1.82) is 0 Å². The van der Waals surface area contributed by atoms with E-state index in [0.29, 0.717) is 6.04 Å². The lowest BCUT2D eigenvalue weighted by atomic mass is 9.87. The van der Waals surface area contributed by atoms with Crippen molar-refractivity contribution in [2.45, 2.75) is 38.6 Å². The number of anilines is 1. The fourth-order valence-corrected chi connectivity index (χ4v) is 2.22. The van der Waals surface area contributed by atoms with Crippen molar-refractivity contribution in [2.24, 2.45) is 5.92 Å². The lowest BCUT2D eigenvalue weighted by Crippen LogP contribution is -2.26. The third kappa shape index (κ3) is 2.47. The van der Waals surface area contributed by atoms with E-state index in [1.807, 2.05) is 24.4 Å². The summed E-state index contributed by atoms with van der Waals surface area (Å²) in [6.07, 6.45) is 7.16. The molecule has 1 aromatic rings. The van der Waals surface area contributed by atoms with E-state index in [4.69, 9.17) is 0 Å². The van der Waals surface area contributed by atoms with E-state index >= 15 is 0 Å². The number of pyridine rings is 1. The molecule has 0 bridgehead atoms. The van der Waals surface area contributed by atoms with Gasteiger partial charge in [0.25, 0.3) is 0 Å². The largest absolute Gasteiger partial charge is 0.367 e. The van der Waals surface area contributed by atoms with E-state index in [-0.39, 0.29) is 0 Å². The Hall–Kier alpha value is -1.05. The average molecular weight is 190 g/mol. The average Bonchev–Trinajstić information content (AvgIpc) is 2.19. The van der Waals surface area contributed by atoms with Gasteiger partial charge in [-0.05, 0) is 30.9 Å². The highest BCUT2D eigenvalue weighted by Crippen LogP contribution is 2.25. The molecule has 0 amide bonds. The second kappa shape index (κ2) is 4.45. The molecular weight excluding hydrogens is 172 g/mol. The number of hydrogen-bond acceptors (Lipinski definition) is 2. The molecule has 1 fully saturated rings. The van der Waals surface area contributed by atoms with Gasteiger partial charge in [-0.1, -0.05) is 25.8 Å². The van der Waals surface area contributed by atoms with Gasteiger partial charge in [-0.15, -0.1) is 0 Å². The third-order valence-electron chi connectivity index (χ3n) is 2.95. The molecular formula is C12H18N2. The molecule has 14 heavy (non-hydrogen) atoms.